The molecule has 0 spiro atoms. The largest absolute Gasteiger partial charge is 0.480 e. The summed E-state index contributed by atoms with van der Waals surface area (Å²) in [6.45, 7) is 0. The van der Waals surface area contributed by atoms with Gasteiger partial charge in [0.15, 0.2) is 10.8 Å². The number of halogens is 3. The highest BCUT2D eigenvalue weighted by Crippen LogP contribution is 2.35. The first-order chi connectivity index (χ1) is 8.02. The van der Waals surface area contributed by atoms with Crippen molar-refractivity contribution < 1.29 is 17.9 Å². The van der Waals surface area contributed by atoms with Crippen LogP contribution in [-0.2, 0) is 6.18 Å². The summed E-state index contributed by atoms with van der Waals surface area (Å²) in [5.74, 6) is -0.477. The summed E-state index contributed by atoms with van der Waals surface area (Å²) >= 11 is 1.12. The highest BCUT2D eigenvalue weighted by atomic mass is 32.1. The van der Waals surface area contributed by atoms with Gasteiger partial charge in [0.05, 0.1) is 7.11 Å². The number of hydrogen-bond acceptors (Lipinski definition) is 6. The molecule has 2 aromatic heterocycles. The van der Waals surface area contributed by atoms with Gasteiger partial charge in [-0.3, -0.25) is 0 Å². The van der Waals surface area contributed by atoms with Crippen molar-refractivity contribution in [1.82, 2.24) is 20.2 Å². The van der Waals surface area contributed by atoms with Gasteiger partial charge >= 0.3 is 6.18 Å². The summed E-state index contributed by atoms with van der Waals surface area (Å²) in [6.07, 6.45) is -3.88. The molecule has 0 N–H and O–H groups in total. The van der Waals surface area contributed by atoms with Crippen molar-refractivity contribution in [2.45, 2.75) is 6.18 Å². The summed E-state index contributed by atoms with van der Waals surface area (Å²) in [6, 6.07) is 0. The summed E-state index contributed by atoms with van der Waals surface area (Å²) in [7, 11) is 1.11. The summed E-state index contributed by atoms with van der Waals surface area (Å²) in [5.41, 5.74) is 0.413. The molecule has 0 aliphatic carbocycles. The number of aromatic nitrogens is 4. The number of alkyl halides is 3. The molecule has 5 nitrogen and oxygen atoms in total. The Balaban J connectivity index is 2.49. The number of hydrogen-bond donors (Lipinski definition) is 0. The van der Waals surface area contributed by atoms with Crippen LogP contribution < -0.4 is 4.74 Å². The number of ether oxygens (including phenoxy) is 1. The fourth-order valence-corrected chi connectivity index (χ4v) is 1.58. The van der Waals surface area contributed by atoms with Gasteiger partial charge < -0.3 is 4.74 Å². The van der Waals surface area contributed by atoms with Crippen LogP contribution in [0.1, 0.15) is 5.56 Å². The topological polar surface area (TPSA) is 60.8 Å². The smallest absolute Gasteiger partial charge is 0.423 e. The number of rotatable bonds is 2. The van der Waals surface area contributed by atoms with Gasteiger partial charge in [-0.05, 0) is 0 Å². The summed E-state index contributed by atoms with van der Waals surface area (Å²) in [5, 5.41) is 7.54. The van der Waals surface area contributed by atoms with Gasteiger partial charge in [-0.25, -0.2) is 4.98 Å². The lowest BCUT2D eigenvalue weighted by Gasteiger charge is -2.10. The Labute approximate surface area is 97.3 Å². The average Bonchev–Trinajstić information content (AvgIpc) is 2.80. The van der Waals surface area contributed by atoms with Crippen molar-refractivity contribution in [1.29, 1.82) is 0 Å². The molecule has 0 bridgehead atoms. The van der Waals surface area contributed by atoms with Crippen LogP contribution in [0, 0.1) is 0 Å². The van der Waals surface area contributed by atoms with Crippen LogP contribution in [0.25, 0.3) is 10.8 Å². The van der Waals surface area contributed by atoms with Gasteiger partial charge in [-0.1, -0.05) is 11.3 Å². The average molecular weight is 262 g/mol. The minimum absolute atomic E-state index is 0.0531. The Bertz CT molecular complexity index is 514. The number of nitrogens with zero attached hydrogens (tertiary/aromatic N) is 4. The van der Waals surface area contributed by atoms with Crippen LogP contribution in [0.4, 0.5) is 13.2 Å². The number of methoxy groups -OCH3 is 1. The van der Waals surface area contributed by atoms with E-state index >= 15 is 0 Å². The maximum Gasteiger partial charge on any atom is 0.423 e. The highest BCUT2D eigenvalue weighted by Gasteiger charge is 2.36. The van der Waals surface area contributed by atoms with Crippen molar-refractivity contribution in [3.8, 4) is 16.7 Å². The third-order valence-electron chi connectivity index (χ3n) is 1.80. The second-order valence-corrected chi connectivity index (χ2v) is 3.69. The molecule has 0 saturated carbocycles. The van der Waals surface area contributed by atoms with E-state index in [1.807, 2.05) is 0 Å². The van der Waals surface area contributed by atoms with Crippen molar-refractivity contribution in [3.05, 3.63) is 17.3 Å². The molecule has 9 heteroatoms. The molecule has 0 fully saturated rings. The first-order valence-corrected chi connectivity index (χ1v) is 5.15. The molecule has 0 amide bonds. The minimum atomic E-state index is -4.55. The molecular formula is C8H5F3N4OS. The third-order valence-corrected chi connectivity index (χ3v) is 2.49. The van der Waals surface area contributed by atoms with Gasteiger partial charge in [0.2, 0.25) is 5.88 Å². The van der Waals surface area contributed by atoms with E-state index in [2.05, 4.69) is 24.9 Å². The lowest BCUT2D eigenvalue weighted by molar-refractivity contribution is -0.139. The molecule has 2 aromatic rings. The molecule has 90 valence electrons. The summed E-state index contributed by atoms with van der Waals surface area (Å²) in [4.78, 5) is 7.25. The lowest BCUT2D eigenvalue weighted by Crippen LogP contribution is -2.10. The predicted molar refractivity (Wildman–Crippen MR) is 52.5 cm³/mol. The van der Waals surface area contributed by atoms with Crippen LogP contribution in [0.15, 0.2) is 11.7 Å². The van der Waals surface area contributed by atoms with E-state index in [1.54, 1.807) is 0 Å². The Morgan fingerprint density at radius 2 is 2.12 bits per heavy atom. The van der Waals surface area contributed by atoms with Gasteiger partial charge in [0.1, 0.15) is 11.1 Å². The SMILES string of the molecule is COc1nc(-c2nncs2)ncc1C(F)(F)F. The third kappa shape index (κ3) is 2.33. The van der Waals surface area contributed by atoms with E-state index in [0.717, 1.165) is 18.4 Å². The van der Waals surface area contributed by atoms with Crippen molar-refractivity contribution in [3.63, 3.8) is 0 Å². The van der Waals surface area contributed by atoms with Crippen molar-refractivity contribution in [2.75, 3.05) is 7.11 Å². The predicted octanol–water partition coefficient (Wildman–Crippen LogP) is 2.02. The second-order valence-electron chi connectivity index (χ2n) is 2.86. The monoisotopic (exact) mass is 262 g/mol. The summed E-state index contributed by atoms with van der Waals surface area (Å²) < 4.78 is 42.2. The Morgan fingerprint density at radius 1 is 1.35 bits per heavy atom. The molecule has 0 radical (unpaired) electrons. The van der Waals surface area contributed by atoms with Crippen LogP contribution >= 0.6 is 11.3 Å². The molecule has 0 aromatic carbocycles. The zero-order valence-electron chi connectivity index (χ0n) is 8.39. The zero-order chi connectivity index (χ0) is 12.5. The van der Waals surface area contributed by atoms with Crippen LogP contribution in [0.5, 0.6) is 5.88 Å². The van der Waals surface area contributed by atoms with Crippen molar-refractivity contribution in [2.24, 2.45) is 0 Å². The first kappa shape index (κ1) is 11.7. The molecule has 0 saturated heterocycles. The minimum Gasteiger partial charge on any atom is -0.480 e. The normalized spacial score (nSPS) is 11.5. The molecule has 0 atom stereocenters. The quantitative estimate of drug-likeness (QED) is 0.828. The molecule has 2 rings (SSSR count). The van der Waals surface area contributed by atoms with Gasteiger partial charge in [-0.2, -0.15) is 18.2 Å². The molecule has 0 aliphatic rings. The van der Waals surface area contributed by atoms with E-state index in [1.165, 1.54) is 5.51 Å². The van der Waals surface area contributed by atoms with E-state index < -0.39 is 17.6 Å². The Kier molecular flexibility index (Phi) is 2.92. The van der Waals surface area contributed by atoms with Gasteiger partial charge in [0.25, 0.3) is 0 Å². The molecular weight excluding hydrogens is 257 g/mol. The lowest BCUT2D eigenvalue weighted by atomic mass is 10.3. The Hall–Kier alpha value is -1.77. The van der Waals surface area contributed by atoms with Crippen molar-refractivity contribution >= 4 is 11.3 Å². The zero-order valence-corrected chi connectivity index (χ0v) is 9.21. The van der Waals surface area contributed by atoms with Crippen LogP contribution in [-0.4, -0.2) is 27.3 Å². The second kappa shape index (κ2) is 4.24. The fraction of sp³-hybridized carbons (Fsp3) is 0.250. The van der Waals surface area contributed by atoms with E-state index in [0.29, 0.717) is 11.2 Å². The maximum absolute atomic E-state index is 12.5. The van der Waals surface area contributed by atoms with Gasteiger partial charge in [-0.15, -0.1) is 10.2 Å². The fourth-order valence-electron chi connectivity index (χ4n) is 1.09. The molecule has 0 unspecified atom stereocenters. The highest BCUT2D eigenvalue weighted by molar-refractivity contribution is 7.12. The standard InChI is InChI=1S/C8H5F3N4OS/c1-16-6-4(8(9,10)11)2-12-5(14-6)7-15-13-3-17-7/h2-3H,1H3. The van der Waals surface area contributed by atoms with Crippen LogP contribution in [0.3, 0.4) is 0 Å². The van der Waals surface area contributed by atoms with Gasteiger partial charge in [0, 0.05) is 6.20 Å². The van der Waals surface area contributed by atoms with E-state index in [9.17, 15) is 13.2 Å². The van der Waals surface area contributed by atoms with E-state index in [4.69, 9.17) is 0 Å². The van der Waals surface area contributed by atoms with Crippen LogP contribution in [0.2, 0.25) is 0 Å². The molecule has 0 aliphatic heterocycles. The van der Waals surface area contributed by atoms with E-state index in [-0.39, 0.29) is 5.82 Å². The first-order valence-electron chi connectivity index (χ1n) is 4.27. The Morgan fingerprint density at radius 3 is 2.65 bits per heavy atom. The maximum atomic E-state index is 12.5. The molecule has 17 heavy (non-hydrogen) atoms. The molecule has 2 heterocycles.